The Morgan fingerprint density at radius 3 is 2.67 bits per heavy atom. The summed E-state index contributed by atoms with van der Waals surface area (Å²) in [4.78, 5) is 14.3. The topological polar surface area (TPSA) is 70.2 Å². The van der Waals surface area contributed by atoms with Gasteiger partial charge in [-0.3, -0.25) is 0 Å². The van der Waals surface area contributed by atoms with Gasteiger partial charge in [0.25, 0.3) is 4.73 Å². The monoisotopic (exact) mass is 311 g/mol. The molecule has 0 N–H and O–H groups in total. The Kier molecular flexibility index (Phi) is 3.61. The zero-order chi connectivity index (χ0) is 13.1. The van der Waals surface area contributed by atoms with Crippen LogP contribution in [0.5, 0.6) is 5.75 Å². The fourth-order valence-corrected chi connectivity index (χ4v) is 1.96. The van der Waals surface area contributed by atoms with Crippen molar-refractivity contribution in [1.82, 2.24) is 9.55 Å². The van der Waals surface area contributed by atoms with Crippen molar-refractivity contribution in [2.24, 2.45) is 0 Å². The molecular formula is C11H10BrN3O3. The van der Waals surface area contributed by atoms with Gasteiger partial charge in [0.2, 0.25) is 0 Å². The fourth-order valence-electron chi connectivity index (χ4n) is 1.55. The predicted octanol–water partition coefficient (Wildman–Crippen LogP) is 2.61. The van der Waals surface area contributed by atoms with E-state index in [-0.39, 0.29) is 5.82 Å². The smallest absolute Gasteiger partial charge is 0.343 e. The minimum atomic E-state index is -0.457. The number of imidazole rings is 1. The summed E-state index contributed by atoms with van der Waals surface area (Å²) in [5.41, 5.74) is 0.928. The fraction of sp³-hybridized carbons (Fsp3) is 0.182. The van der Waals surface area contributed by atoms with Crippen LogP contribution in [-0.4, -0.2) is 21.6 Å². The molecule has 0 fully saturated rings. The molecule has 0 saturated carbocycles. The summed E-state index contributed by atoms with van der Waals surface area (Å²) in [6.45, 7) is 0.376. The van der Waals surface area contributed by atoms with Crippen molar-refractivity contribution in [3.8, 4) is 5.75 Å². The van der Waals surface area contributed by atoms with Crippen LogP contribution >= 0.6 is 15.9 Å². The second-order valence-electron chi connectivity index (χ2n) is 3.58. The Morgan fingerprint density at radius 2 is 2.11 bits per heavy atom. The first-order valence-corrected chi connectivity index (χ1v) is 5.89. The number of nitro groups is 1. The summed E-state index contributed by atoms with van der Waals surface area (Å²) in [6.07, 6.45) is 1.23. The molecule has 0 bridgehead atoms. The molecule has 2 aromatic rings. The molecule has 0 aliphatic rings. The van der Waals surface area contributed by atoms with E-state index in [9.17, 15) is 10.1 Å². The summed E-state index contributed by atoms with van der Waals surface area (Å²) in [7, 11) is 1.59. The number of ether oxygens (including phenoxy) is 1. The molecule has 0 unspecified atom stereocenters. The van der Waals surface area contributed by atoms with E-state index in [1.807, 2.05) is 24.3 Å². The molecule has 0 radical (unpaired) electrons. The van der Waals surface area contributed by atoms with Crippen LogP contribution in [0, 0.1) is 10.1 Å². The van der Waals surface area contributed by atoms with Gasteiger partial charge >= 0.3 is 5.82 Å². The zero-order valence-corrected chi connectivity index (χ0v) is 11.1. The van der Waals surface area contributed by atoms with Gasteiger partial charge in [0.1, 0.15) is 18.5 Å². The summed E-state index contributed by atoms with van der Waals surface area (Å²) < 4.78 is 6.98. The minimum Gasteiger partial charge on any atom is -0.497 e. The van der Waals surface area contributed by atoms with Crippen LogP contribution in [0.2, 0.25) is 0 Å². The molecule has 1 aromatic heterocycles. The van der Waals surface area contributed by atoms with Crippen molar-refractivity contribution in [2.75, 3.05) is 7.11 Å². The Bertz CT molecular complexity index is 565. The normalized spacial score (nSPS) is 10.3. The lowest BCUT2D eigenvalue weighted by Crippen LogP contribution is -2.04. The van der Waals surface area contributed by atoms with Crippen LogP contribution in [0.4, 0.5) is 5.82 Å². The Hall–Kier alpha value is -1.89. The second-order valence-corrected chi connectivity index (χ2v) is 4.29. The lowest BCUT2D eigenvalue weighted by atomic mass is 10.2. The van der Waals surface area contributed by atoms with Crippen molar-refractivity contribution < 1.29 is 9.66 Å². The van der Waals surface area contributed by atoms with E-state index >= 15 is 0 Å². The number of hydrogen-bond donors (Lipinski definition) is 0. The third kappa shape index (κ3) is 2.51. The quantitative estimate of drug-likeness (QED) is 0.643. The van der Waals surface area contributed by atoms with Crippen molar-refractivity contribution in [1.29, 1.82) is 0 Å². The number of nitrogens with zero attached hydrogens (tertiary/aromatic N) is 3. The molecule has 0 amide bonds. The average molecular weight is 312 g/mol. The maximum atomic E-state index is 10.8. The van der Waals surface area contributed by atoms with E-state index in [1.54, 1.807) is 7.11 Å². The molecule has 0 spiro atoms. The van der Waals surface area contributed by atoms with Gasteiger partial charge in [0.15, 0.2) is 0 Å². The molecule has 18 heavy (non-hydrogen) atoms. The first-order valence-electron chi connectivity index (χ1n) is 5.10. The summed E-state index contributed by atoms with van der Waals surface area (Å²) in [5, 5.41) is 10.8. The predicted molar refractivity (Wildman–Crippen MR) is 68.7 cm³/mol. The van der Waals surface area contributed by atoms with Gasteiger partial charge in [0, 0.05) is 15.9 Å². The van der Waals surface area contributed by atoms with Crippen LogP contribution < -0.4 is 4.74 Å². The lowest BCUT2D eigenvalue weighted by Gasteiger charge is -2.04. The molecule has 0 aliphatic carbocycles. The van der Waals surface area contributed by atoms with Crippen molar-refractivity contribution in [2.45, 2.75) is 6.54 Å². The van der Waals surface area contributed by atoms with E-state index < -0.39 is 4.92 Å². The number of rotatable bonds is 4. The molecule has 1 heterocycles. The summed E-state index contributed by atoms with van der Waals surface area (Å²) in [5.74, 6) is 0.704. The standard InChI is InChI=1S/C11H10BrN3O3/c1-18-9-4-2-8(3-5-9)7-14-10(15(16)17)6-13-11(14)12/h2-6H,7H2,1H3. The highest BCUT2D eigenvalue weighted by Crippen LogP contribution is 2.21. The molecular weight excluding hydrogens is 302 g/mol. The van der Waals surface area contributed by atoms with Gasteiger partial charge in [-0.25, -0.2) is 4.98 Å². The molecule has 2 rings (SSSR count). The zero-order valence-electron chi connectivity index (χ0n) is 9.54. The third-order valence-electron chi connectivity index (χ3n) is 2.47. The molecule has 7 heteroatoms. The van der Waals surface area contributed by atoms with Gasteiger partial charge in [0.05, 0.1) is 7.11 Å². The van der Waals surface area contributed by atoms with E-state index in [2.05, 4.69) is 20.9 Å². The van der Waals surface area contributed by atoms with Crippen molar-refractivity contribution >= 4 is 21.7 Å². The first-order chi connectivity index (χ1) is 8.61. The number of benzene rings is 1. The highest BCUT2D eigenvalue weighted by atomic mass is 79.9. The van der Waals surface area contributed by atoms with E-state index in [0.717, 1.165) is 11.3 Å². The van der Waals surface area contributed by atoms with Crippen LogP contribution in [-0.2, 0) is 6.54 Å². The molecule has 1 aromatic carbocycles. The van der Waals surface area contributed by atoms with E-state index in [1.165, 1.54) is 10.8 Å². The Labute approximate surface area is 111 Å². The number of methoxy groups -OCH3 is 1. The average Bonchev–Trinajstić information content (AvgIpc) is 2.72. The number of hydrogen-bond acceptors (Lipinski definition) is 4. The SMILES string of the molecule is COc1ccc(Cn2c([N+](=O)[O-])cnc2Br)cc1. The number of aromatic nitrogens is 2. The third-order valence-corrected chi connectivity index (χ3v) is 3.11. The first kappa shape index (κ1) is 12.6. The van der Waals surface area contributed by atoms with Crippen LogP contribution in [0.25, 0.3) is 0 Å². The summed E-state index contributed by atoms with van der Waals surface area (Å²) >= 11 is 3.19. The Morgan fingerprint density at radius 1 is 1.44 bits per heavy atom. The van der Waals surface area contributed by atoms with Gasteiger partial charge in [-0.2, -0.15) is 4.57 Å². The largest absolute Gasteiger partial charge is 0.497 e. The Balaban J connectivity index is 2.27. The lowest BCUT2D eigenvalue weighted by molar-refractivity contribution is -0.392. The molecule has 0 aliphatic heterocycles. The van der Waals surface area contributed by atoms with Gasteiger partial charge in [-0.1, -0.05) is 12.1 Å². The number of halogens is 1. The highest BCUT2D eigenvalue weighted by Gasteiger charge is 2.18. The van der Waals surface area contributed by atoms with Gasteiger partial charge < -0.3 is 14.9 Å². The van der Waals surface area contributed by atoms with Crippen LogP contribution in [0.3, 0.4) is 0 Å². The molecule has 6 nitrogen and oxygen atoms in total. The van der Waals surface area contributed by atoms with Crippen LogP contribution in [0.15, 0.2) is 35.2 Å². The summed E-state index contributed by atoms with van der Waals surface area (Å²) in [6, 6.07) is 7.34. The van der Waals surface area contributed by atoms with Crippen molar-refractivity contribution in [3.63, 3.8) is 0 Å². The van der Waals surface area contributed by atoms with Crippen molar-refractivity contribution in [3.05, 3.63) is 50.9 Å². The van der Waals surface area contributed by atoms with E-state index in [0.29, 0.717) is 11.3 Å². The molecule has 0 saturated heterocycles. The maximum Gasteiger partial charge on any atom is 0.343 e. The highest BCUT2D eigenvalue weighted by molar-refractivity contribution is 9.10. The van der Waals surface area contributed by atoms with Crippen LogP contribution in [0.1, 0.15) is 5.56 Å². The van der Waals surface area contributed by atoms with Gasteiger partial charge in [-0.05, 0) is 22.6 Å². The van der Waals surface area contributed by atoms with Gasteiger partial charge in [-0.15, -0.1) is 0 Å². The minimum absolute atomic E-state index is 0.0438. The molecule has 94 valence electrons. The maximum absolute atomic E-state index is 10.8. The second kappa shape index (κ2) is 5.18. The van der Waals surface area contributed by atoms with E-state index in [4.69, 9.17) is 4.74 Å². The molecule has 0 atom stereocenters.